The second kappa shape index (κ2) is 13.2. The highest BCUT2D eigenvalue weighted by Crippen LogP contribution is 2.38. The lowest BCUT2D eigenvalue weighted by Crippen LogP contribution is -2.66. The standard InChI is InChI=1S/C24H46O10/c1-6-9-24(4,5)22-18(29)21(17(28)14(10-25)32-22)34-23-19(30)20(16(27)15(11-26)33-23)31-12-13(7-2)8-3/h13-23,25-30H,6-12H2,1-5H3/t14?,15?,16?,17?,18-,19-,20+,21+,22?,23+/m0/s1. The van der Waals surface area contributed by atoms with E-state index in [-0.39, 0.29) is 5.92 Å². The molecule has 0 aliphatic carbocycles. The Hall–Kier alpha value is -0.400. The van der Waals surface area contributed by atoms with Gasteiger partial charge in [0.15, 0.2) is 6.29 Å². The van der Waals surface area contributed by atoms with Crippen LogP contribution in [-0.2, 0) is 18.9 Å². The van der Waals surface area contributed by atoms with Crippen LogP contribution in [0.4, 0.5) is 0 Å². The molecule has 0 spiro atoms. The number of aliphatic hydroxyl groups is 6. The van der Waals surface area contributed by atoms with Crippen molar-refractivity contribution in [3.05, 3.63) is 0 Å². The molecule has 0 aromatic heterocycles. The van der Waals surface area contributed by atoms with Crippen molar-refractivity contribution in [3.8, 4) is 0 Å². The molecule has 0 amide bonds. The molecule has 2 heterocycles. The lowest BCUT2D eigenvalue weighted by Gasteiger charge is -2.50. The van der Waals surface area contributed by atoms with Gasteiger partial charge in [-0.15, -0.1) is 0 Å². The quantitative estimate of drug-likeness (QED) is 0.217. The van der Waals surface area contributed by atoms with E-state index in [9.17, 15) is 30.6 Å². The van der Waals surface area contributed by atoms with Gasteiger partial charge in [-0.3, -0.25) is 0 Å². The van der Waals surface area contributed by atoms with Gasteiger partial charge in [0.05, 0.1) is 25.9 Å². The zero-order valence-electron chi connectivity index (χ0n) is 21.1. The molecule has 2 aliphatic rings. The number of hydrogen-bond acceptors (Lipinski definition) is 10. The van der Waals surface area contributed by atoms with Crippen molar-refractivity contribution in [2.75, 3.05) is 19.8 Å². The first-order valence-corrected chi connectivity index (χ1v) is 12.6. The Morgan fingerprint density at radius 1 is 0.794 bits per heavy atom. The van der Waals surface area contributed by atoms with Crippen molar-refractivity contribution in [3.63, 3.8) is 0 Å². The van der Waals surface area contributed by atoms with Crippen LogP contribution in [0.2, 0.25) is 0 Å². The minimum absolute atomic E-state index is 0.236. The third-order valence-electron chi connectivity index (χ3n) is 7.32. The third-order valence-corrected chi connectivity index (χ3v) is 7.32. The molecule has 0 aromatic carbocycles. The zero-order chi connectivity index (χ0) is 25.6. The Bertz CT molecular complexity index is 586. The van der Waals surface area contributed by atoms with E-state index in [0.717, 1.165) is 25.7 Å². The maximum atomic E-state index is 11.1. The van der Waals surface area contributed by atoms with Gasteiger partial charge in [0.1, 0.15) is 48.8 Å². The minimum atomic E-state index is -1.44. The highest BCUT2D eigenvalue weighted by molar-refractivity contribution is 5.00. The molecule has 10 nitrogen and oxygen atoms in total. The Kier molecular flexibility index (Phi) is 11.6. The van der Waals surface area contributed by atoms with Crippen LogP contribution in [0.1, 0.15) is 60.3 Å². The van der Waals surface area contributed by atoms with Gasteiger partial charge in [-0.05, 0) is 17.8 Å². The van der Waals surface area contributed by atoms with Crippen molar-refractivity contribution in [2.24, 2.45) is 11.3 Å². The number of rotatable bonds is 12. The van der Waals surface area contributed by atoms with Crippen LogP contribution in [-0.4, -0.2) is 112 Å². The topological polar surface area (TPSA) is 158 Å². The highest BCUT2D eigenvalue weighted by atomic mass is 16.7. The van der Waals surface area contributed by atoms with Gasteiger partial charge < -0.3 is 49.6 Å². The maximum absolute atomic E-state index is 11.1. The summed E-state index contributed by atoms with van der Waals surface area (Å²) in [7, 11) is 0. The van der Waals surface area contributed by atoms with Gasteiger partial charge in [-0.1, -0.05) is 53.9 Å². The summed E-state index contributed by atoms with van der Waals surface area (Å²) < 4.78 is 23.2. The minimum Gasteiger partial charge on any atom is -0.394 e. The fourth-order valence-corrected chi connectivity index (χ4v) is 4.97. The second-order valence-electron chi connectivity index (χ2n) is 10.3. The monoisotopic (exact) mass is 494 g/mol. The molecule has 2 aliphatic heterocycles. The van der Waals surface area contributed by atoms with Gasteiger partial charge in [0, 0.05) is 0 Å². The lowest BCUT2D eigenvalue weighted by molar-refractivity contribution is -0.350. The predicted octanol–water partition coefficient (Wildman–Crippen LogP) is -0.0602. The van der Waals surface area contributed by atoms with Gasteiger partial charge in [0.25, 0.3) is 0 Å². The van der Waals surface area contributed by atoms with E-state index in [0.29, 0.717) is 6.61 Å². The van der Waals surface area contributed by atoms with Crippen LogP contribution in [0.15, 0.2) is 0 Å². The van der Waals surface area contributed by atoms with Crippen LogP contribution >= 0.6 is 0 Å². The van der Waals surface area contributed by atoms with E-state index in [2.05, 4.69) is 0 Å². The molecule has 5 unspecified atom stereocenters. The molecule has 0 saturated carbocycles. The Morgan fingerprint density at radius 3 is 1.88 bits per heavy atom. The highest BCUT2D eigenvalue weighted by Gasteiger charge is 2.53. The van der Waals surface area contributed by atoms with Crippen LogP contribution in [0.25, 0.3) is 0 Å². The fraction of sp³-hybridized carbons (Fsp3) is 1.00. The summed E-state index contributed by atoms with van der Waals surface area (Å²) in [6.07, 6.45) is -8.68. The van der Waals surface area contributed by atoms with Crippen LogP contribution in [0.5, 0.6) is 0 Å². The normalized spacial score (nSPS) is 39.5. The molecule has 10 atom stereocenters. The molecular formula is C24H46O10. The van der Waals surface area contributed by atoms with E-state index >= 15 is 0 Å². The van der Waals surface area contributed by atoms with Gasteiger partial charge in [-0.2, -0.15) is 0 Å². The number of ether oxygens (including phenoxy) is 4. The molecule has 0 bridgehead atoms. The first kappa shape index (κ1) is 29.8. The van der Waals surface area contributed by atoms with Crippen molar-refractivity contribution in [1.82, 2.24) is 0 Å². The Labute approximate surface area is 202 Å². The SMILES string of the molecule is CCCC(C)(C)C1OC(CO)C(O)[C@@H](O[C@H]2OC(CO)C(O)[C@@H](OCC(CC)CC)[C@@H]2O)[C@@H]1O. The van der Waals surface area contributed by atoms with Gasteiger partial charge >= 0.3 is 0 Å². The zero-order valence-corrected chi connectivity index (χ0v) is 21.1. The summed E-state index contributed by atoms with van der Waals surface area (Å²) in [6.45, 7) is 9.20. The van der Waals surface area contributed by atoms with E-state index in [1.807, 2.05) is 34.6 Å². The Balaban J connectivity index is 2.24. The molecule has 2 rings (SSSR count). The second-order valence-corrected chi connectivity index (χ2v) is 10.3. The van der Waals surface area contributed by atoms with Crippen molar-refractivity contribution < 1.29 is 49.6 Å². The molecular weight excluding hydrogens is 448 g/mol. The fourth-order valence-electron chi connectivity index (χ4n) is 4.97. The number of aliphatic hydroxyl groups excluding tert-OH is 6. The molecule has 202 valence electrons. The van der Waals surface area contributed by atoms with Crippen LogP contribution in [0, 0.1) is 11.3 Å². The van der Waals surface area contributed by atoms with Gasteiger partial charge in [0.2, 0.25) is 0 Å². The smallest absolute Gasteiger partial charge is 0.187 e. The molecule has 2 saturated heterocycles. The summed E-state index contributed by atoms with van der Waals surface area (Å²) in [5, 5.41) is 62.9. The van der Waals surface area contributed by atoms with Crippen LogP contribution in [0.3, 0.4) is 0 Å². The summed E-state index contributed by atoms with van der Waals surface area (Å²) in [5.41, 5.74) is -0.486. The molecule has 34 heavy (non-hydrogen) atoms. The molecule has 6 N–H and O–H groups in total. The van der Waals surface area contributed by atoms with Crippen molar-refractivity contribution in [1.29, 1.82) is 0 Å². The average molecular weight is 495 g/mol. The predicted molar refractivity (Wildman–Crippen MR) is 123 cm³/mol. The lowest BCUT2D eigenvalue weighted by atomic mass is 9.76. The molecule has 0 radical (unpaired) electrons. The van der Waals surface area contributed by atoms with E-state index in [1.54, 1.807) is 0 Å². The maximum Gasteiger partial charge on any atom is 0.187 e. The largest absolute Gasteiger partial charge is 0.394 e. The van der Waals surface area contributed by atoms with E-state index in [1.165, 1.54) is 0 Å². The molecule has 10 heteroatoms. The molecule has 0 aromatic rings. The summed E-state index contributed by atoms with van der Waals surface area (Å²) >= 11 is 0. The van der Waals surface area contributed by atoms with Crippen molar-refractivity contribution in [2.45, 2.75) is 122 Å². The first-order chi connectivity index (χ1) is 16.1. The van der Waals surface area contributed by atoms with Gasteiger partial charge in [-0.25, -0.2) is 0 Å². The van der Waals surface area contributed by atoms with E-state index in [4.69, 9.17) is 18.9 Å². The number of hydrogen-bond donors (Lipinski definition) is 6. The van der Waals surface area contributed by atoms with E-state index < -0.39 is 79.9 Å². The first-order valence-electron chi connectivity index (χ1n) is 12.6. The molecule has 2 fully saturated rings. The summed E-state index contributed by atoms with van der Waals surface area (Å²) in [6, 6.07) is 0. The summed E-state index contributed by atoms with van der Waals surface area (Å²) in [4.78, 5) is 0. The Morgan fingerprint density at radius 2 is 1.35 bits per heavy atom. The summed E-state index contributed by atoms with van der Waals surface area (Å²) in [5.74, 6) is 0.236. The third kappa shape index (κ3) is 6.67. The van der Waals surface area contributed by atoms with Crippen molar-refractivity contribution >= 4 is 0 Å². The average Bonchev–Trinajstić information content (AvgIpc) is 2.80. The van der Waals surface area contributed by atoms with Crippen LogP contribution < -0.4 is 0 Å².